The number of morpholine rings is 1. The van der Waals surface area contributed by atoms with Gasteiger partial charge in [0.15, 0.2) is 0 Å². The third-order valence-corrected chi connectivity index (χ3v) is 3.42. The van der Waals surface area contributed by atoms with Crippen LogP contribution in [0.1, 0.15) is 12.0 Å². The average Bonchev–Trinajstić information content (AvgIpc) is 2.58. The molecule has 2 amide bonds. The van der Waals surface area contributed by atoms with Crippen molar-refractivity contribution in [3.8, 4) is 0 Å². The smallest absolute Gasteiger partial charge is 0.309 e. The van der Waals surface area contributed by atoms with Crippen molar-refractivity contribution in [2.24, 2.45) is 0 Å². The maximum atomic E-state index is 11.6. The Labute approximate surface area is 130 Å². The molecule has 0 unspecified atom stereocenters. The van der Waals surface area contributed by atoms with Crippen LogP contribution < -0.4 is 10.6 Å². The SMILES string of the molecule is O=C(NCCCN1CCOCC1)C(=O)NCc1cccnc1. The van der Waals surface area contributed by atoms with E-state index in [0.717, 1.165) is 44.8 Å². The fourth-order valence-corrected chi connectivity index (χ4v) is 2.17. The van der Waals surface area contributed by atoms with E-state index in [1.54, 1.807) is 18.5 Å². The van der Waals surface area contributed by atoms with E-state index in [1.807, 2.05) is 6.07 Å². The highest BCUT2D eigenvalue weighted by Gasteiger charge is 2.13. The molecule has 1 aromatic rings. The maximum absolute atomic E-state index is 11.6. The van der Waals surface area contributed by atoms with Gasteiger partial charge in [0.1, 0.15) is 0 Å². The van der Waals surface area contributed by atoms with Gasteiger partial charge in [0.2, 0.25) is 0 Å². The monoisotopic (exact) mass is 306 g/mol. The van der Waals surface area contributed by atoms with Crippen LogP contribution >= 0.6 is 0 Å². The molecule has 22 heavy (non-hydrogen) atoms. The van der Waals surface area contributed by atoms with Gasteiger partial charge in [-0.15, -0.1) is 0 Å². The van der Waals surface area contributed by atoms with E-state index in [4.69, 9.17) is 4.74 Å². The molecule has 0 bridgehead atoms. The zero-order valence-corrected chi connectivity index (χ0v) is 12.6. The van der Waals surface area contributed by atoms with E-state index in [2.05, 4.69) is 20.5 Å². The van der Waals surface area contributed by atoms with Crippen molar-refractivity contribution in [3.05, 3.63) is 30.1 Å². The number of hydrogen-bond acceptors (Lipinski definition) is 5. The van der Waals surface area contributed by atoms with Crippen LogP contribution in [0.3, 0.4) is 0 Å². The molecule has 1 aliphatic heterocycles. The summed E-state index contributed by atoms with van der Waals surface area (Å²) in [6, 6.07) is 3.63. The van der Waals surface area contributed by atoms with E-state index in [1.165, 1.54) is 0 Å². The number of amides is 2. The molecule has 2 heterocycles. The van der Waals surface area contributed by atoms with Crippen LogP contribution in [-0.4, -0.2) is 61.1 Å². The lowest BCUT2D eigenvalue weighted by molar-refractivity contribution is -0.139. The van der Waals surface area contributed by atoms with Gasteiger partial charge in [-0.05, 0) is 24.6 Å². The second kappa shape index (κ2) is 9.11. The van der Waals surface area contributed by atoms with Crippen LogP contribution in [0.2, 0.25) is 0 Å². The zero-order chi connectivity index (χ0) is 15.6. The summed E-state index contributed by atoms with van der Waals surface area (Å²) in [7, 11) is 0. The van der Waals surface area contributed by atoms with Crippen molar-refractivity contribution in [1.82, 2.24) is 20.5 Å². The molecule has 7 nitrogen and oxygen atoms in total. The molecule has 2 rings (SSSR count). The van der Waals surface area contributed by atoms with Crippen LogP contribution in [0.25, 0.3) is 0 Å². The number of rotatable bonds is 6. The highest BCUT2D eigenvalue weighted by molar-refractivity contribution is 6.35. The van der Waals surface area contributed by atoms with Gasteiger partial charge in [-0.25, -0.2) is 0 Å². The first-order chi connectivity index (χ1) is 10.8. The van der Waals surface area contributed by atoms with Gasteiger partial charge in [0.05, 0.1) is 13.2 Å². The normalized spacial score (nSPS) is 15.3. The van der Waals surface area contributed by atoms with E-state index in [9.17, 15) is 9.59 Å². The Morgan fingerprint density at radius 2 is 2.00 bits per heavy atom. The van der Waals surface area contributed by atoms with Gasteiger partial charge in [-0.3, -0.25) is 19.5 Å². The number of ether oxygens (including phenoxy) is 1. The summed E-state index contributed by atoms with van der Waals surface area (Å²) < 4.78 is 5.27. The third kappa shape index (κ3) is 5.79. The van der Waals surface area contributed by atoms with Crippen LogP contribution in [0.5, 0.6) is 0 Å². The second-order valence-electron chi connectivity index (χ2n) is 5.11. The summed E-state index contributed by atoms with van der Waals surface area (Å²) >= 11 is 0. The number of pyridine rings is 1. The molecule has 120 valence electrons. The lowest BCUT2D eigenvalue weighted by Gasteiger charge is -2.26. The average molecular weight is 306 g/mol. The molecule has 0 radical (unpaired) electrons. The van der Waals surface area contributed by atoms with Crippen molar-refractivity contribution in [2.45, 2.75) is 13.0 Å². The first-order valence-corrected chi connectivity index (χ1v) is 7.51. The lowest BCUT2D eigenvalue weighted by Crippen LogP contribution is -2.41. The maximum Gasteiger partial charge on any atom is 0.309 e. The standard InChI is InChI=1S/C15H22N4O3/c20-14(15(21)18-12-13-3-1-4-16-11-13)17-5-2-6-19-7-9-22-10-8-19/h1,3-4,11H,2,5-10,12H2,(H,17,20)(H,18,21). The van der Waals surface area contributed by atoms with E-state index < -0.39 is 11.8 Å². The number of carbonyl (C=O) groups excluding carboxylic acids is 2. The van der Waals surface area contributed by atoms with E-state index >= 15 is 0 Å². The van der Waals surface area contributed by atoms with Gasteiger partial charge < -0.3 is 15.4 Å². The summed E-state index contributed by atoms with van der Waals surface area (Å²) in [5, 5.41) is 5.20. The minimum Gasteiger partial charge on any atom is -0.379 e. The molecule has 7 heteroatoms. The second-order valence-corrected chi connectivity index (χ2v) is 5.11. The van der Waals surface area contributed by atoms with Crippen LogP contribution in [0, 0.1) is 0 Å². The fraction of sp³-hybridized carbons (Fsp3) is 0.533. The van der Waals surface area contributed by atoms with Crippen LogP contribution in [-0.2, 0) is 20.9 Å². The molecule has 2 N–H and O–H groups in total. The summed E-state index contributed by atoms with van der Waals surface area (Å²) in [6.07, 6.45) is 4.13. The molecule has 0 aromatic carbocycles. The molecule has 0 saturated carbocycles. The summed E-state index contributed by atoms with van der Waals surface area (Å²) in [6.45, 7) is 5.09. The van der Waals surface area contributed by atoms with Gasteiger partial charge in [0.25, 0.3) is 0 Å². The van der Waals surface area contributed by atoms with E-state index in [-0.39, 0.29) is 0 Å². The molecule has 1 aliphatic rings. The third-order valence-electron chi connectivity index (χ3n) is 3.42. The van der Waals surface area contributed by atoms with Crippen molar-refractivity contribution in [2.75, 3.05) is 39.4 Å². The highest BCUT2D eigenvalue weighted by atomic mass is 16.5. The van der Waals surface area contributed by atoms with Crippen molar-refractivity contribution in [3.63, 3.8) is 0 Å². The van der Waals surface area contributed by atoms with Crippen molar-refractivity contribution < 1.29 is 14.3 Å². The summed E-state index contributed by atoms with van der Waals surface area (Å²) in [5.74, 6) is -1.21. The predicted octanol–water partition coefficient (Wildman–Crippen LogP) is -0.464. The molecule has 0 spiro atoms. The first-order valence-electron chi connectivity index (χ1n) is 7.51. The predicted molar refractivity (Wildman–Crippen MR) is 81.0 cm³/mol. The minimum atomic E-state index is -0.616. The van der Waals surface area contributed by atoms with Crippen LogP contribution in [0.15, 0.2) is 24.5 Å². The molecule has 1 saturated heterocycles. The van der Waals surface area contributed by atoms with Gasteiger partial charge >= 0.3 is 11.8 Å². The Morgan fingerprint density at radius 3 is 2.73 bits per heavy atom. The van der Waals surface area contributed by atoms with Gasteiger partial charge in [-0.2, -0.15) is 0 Å². The number of nitrogens with one attached hydrogen (secondary N) is 2. The Morgan fingerprint density at radius 1 is 1.23 bits per heavy atom. The quantitative estimate of drug-likeness (QED) is 0.549. The molecule has 1 fully saturated rings. The number of nitrogens with zero attached hydrogens (tertiary/aromatic N) is 2. The summed E-state index contributed by atoms with van der Waals surface area (Å²) in [5.41, 5.74) is 0.857. The minimum absolute atomic E-state index is 0.299. The highest BCUT2D eigenvalue weighted by Crippen LogP contribution is 1.97. The van der Waals surface area contributed by atoms with Gasteiger partial charge in [0, 0.05) is 38.6 Å². The molecule has 0 aliphatic carbocycles. The largest absolute Gasteiger partial charge is 0.379 e. The first kappa shape index (κ1) is 16.4. The van der Waals surface area contributed by atoms with E-state index in [0.29, 0.717) is 13.1 Å². The Balaban J connectivity index is 1.57. The topological polar surface area (TPSA) is 83.6 Å². The fourth-order valence-electron chi connectivity index (χ4n) is 2.17. The van der Waals surface area contributed by atoms with Gasteiger partial charge in [-0.1, -0.05) is 6.07 Å². The molecule has 0 atom stereocenters. The molecular weight excluding hydrogens is 284 g/mol. The molecular formula is C15H22N4O3. The van der Waals surface area contributed by atoms with Crippen LogP contribution in [0.4, 0.5) is 0 Å². The Bertz CT molecular complexity index is 475. The number of aromatic nitrogens is 1. The number of carbonyl (C=O) groups is 2. The Kier molecular flexibility index (Phi) is 6.79. The zero-order valence-electron chi connectivity index (χ0n) is 12.6. The van der Waals surface area contributed by atoms with Crippen molar-refractivity contribution in [1.29, 1.82) is 0 Å². The lowest BCUT2D eigenvalue weighted by atomic mass is 10.3. The molecule has 1 aromatic heterocycles. The number of hydrogen-bond donors (Lipinski definition) is 2. The Hall–Kier alpha value is -1.99. The summed E-state index contributed by atoms with van der Waals surface area (Å²) in [4.78, 5) is 29.5. The van der Waals surface area contributed by atoms with Crippen molar-refractivity contribution >= 4 is 11.8 Å².